The van der Waals surface area contributed by atoms with Gasteiger partial charge in [0, 0.05) is 5.56 Å². The standard InChI is InChI=1S/C11H15ClN2O2/c1-2-8(6-15)14-11(16)7-3-4-10(13)9(12)5-7/h3-5,8,15H,2,6,13H2,1H3,(H,14,16)/t8-/m0/s1. The summed E-state index contributed by atoms with van der Waals surface area (Å²) in [7, 11) is 0. The maximum atomic E-state index is 11.7. The number of hydrogen-bond acceptors (Lipinski definition) is 3. The molecule has 0 radical (unpaired) electrons. The average molecular weight is 243 g/mol. The van der Waals surface area contributed by atoms with Gasteiger partial charge in [0.15, 0.2) is 0 Å². The Morgan fingerprint density at radius 3 is 2.81 bits per heavy atom. The van der Waals surface area contributed by atoms with Gasteiger partial charge in [-0.3, -0.25) is 4.79 Å². The lowest BCUT2D eigenvalue weighted by atomic mass is 10.1. The van der Waals surface area contributed by atoms with Gasteiger partial charge in [-0.25, -0.2) is 0 Å². The lowest BCUT2D eigenvalue weighted by Crippen LogP contribution is -2.36. The van der Waals surface area contributed by atoms with Crippen LogP contribution in [-0.4, -0.2) is 23.7 Å². The molecular formula is C11H15ClN2O2. The second-order valence-electron chi connectivity index (χ2n) is 3.50. The smallest absolute Gasteiger partial charge is 0.251 e. The molecule has 0 bridgehead atoms. The molecular weight excluding hydrogens is 228 g/mol. The number of nitrogens with two attached hydrogens (primary N) is 1. The Morgan fingerprint density at radius 2 is 2.31 bits per heavy atom. The first-order valence-electron chi connectivity index (χ1n) is 5.05. The number of amides is 1. The van der Waals surface area contributed by atoms with Crippen molar-refractivity contribution in [3.63, 3.8) is 0 Å². The van der Waals surface area contributed by atoms with E-state index in [1.165, 1.54) is 6.07 Å². The predicted octanol–water partition coefficient (Wildman–Crippen LogP) is 1.42. The molecule has 16 heavy (non-hydrogen) atoms. The summed E-state index contributed by atoms with van der Waals surface area (Å²) in [6.45, 7) is 1.81. The molecule has 1 aromatic carbocycles. The number of rotatable bonds is 4. The number of nitrogens with one attached hydrogen (secondary N) is 1. The zero-order valence-corrected chi connectivity index (χ0v) is 9.79. The van der Waals surface area contributed by atoms with Crippen LogP contribution in [0.25, 0.3) is 0 Å². The van der Waals surface area contributed by atoms with E-state index in [1.54, 1.807) is 12.1 Å². The molecule has 0 saturated heterocycles. The van der Waals surface area contributed by atoms with E-state index in [9.17, 15) is 4.79 Å². The molecule has 0 unspecified atom stereocenters. The average Bonchev–Trinajstić information content (AvgIpc) is 2.29. The van der Waals surface area contributed by atoms with E-state index in [2.05, 4.69) is 5.32 Å². The SMILES string of the molecule is CC[C@@H](CO)NC(=O)c1ccc(N)c(Cl)c1. The first-order chi connectivity index (χ1) is 7.58. The van der Waals surface area contributed by atoms with Crippen molar-refractivity contribution in [3.05, 3.63) is 28.8 Å². The molecule has 4 N–H and O–H groups in total. The van der Waals surface area contributed by atoms with Crippen LogP contribution in [0.3, 0.4) is 0 Å². The molecule has 0 saturated carbocycles. The van der Waals surface area contributed by atoms with Gasteiger partial charge in [0.1, 0.15) is 0 Å². The van der Waals surface area contributed by atoms with Gasteiger partial charge in [0.25, 0.3) is 5.91 Å². The number of nitrogen functional groups attached to an aromatic ring is 1. The summed E-state index contributed by atoms with van der Waals surface area (Å²) in [5, 5.41) is 12.0. The van der Waals surface area contributed by atoms with E-state index in [-0.39, 0.29) is 18.6 Å². The van der Waals surface area contributed by atoms with E-state index < -0.39 is 0 Å². The van der Waals surface area contributed by atoms with Gasteiger partial charge in [0.2, 0.25) is 0 Å². The van der Waals surface area contributed by atoms with Crippen LogP contribution < -0.4 is 11.1 Å². The number of carbonyl (C=O) groups is 1. The van der Waals surface area contributed by atoms with Crippen molar-refractivity contribution < 1.29 is 9.90 Å². The Morgan fingerprint density at radius 1 is 1.62 bits per heavy atom. The zero-order chi connectivity index (χ0) is 12.1. The summed E-state index contributed by atoms with van der Waals surface area (Å²) in [6.07, 6.45) is 0.672. The number of carbonyl (C=O) groups excluding carboxylic acids is 1. The Balaban J connectivity index is 2.76. The zero-order valence-electron chi connectivity index (χ0n) is 9.03. The van der Waals surface area contributed by atoms with E-state index in [4.69, 9.17) is 22.4 Å². The van der Waals surface area contributed by atoms with Crippen molar-refractivity contribution in [2.45, 2.75) is 19.4 Å². The van der Waals surface area contributed by atoms with Gasteiger partial charge >= 0.3 is 0 Å². The maximum absolute atomic E-state index is 11.7. The molecule has 1 atom stereocenters. The first-order valence-corrected chi connectivity index (χ1v) is 5.43. The third-order valence-corrected chi connectivity index (χ3v) is 2.64. The summed E-state index contributed by atoms with van der Waals surface area (Å²) in [4.78, 5) is 11.7. The van der Waals surface area contributed by atoms with Gasteiger partial charge in [-0.2, -0.15) is 0 Å². The molecule has 88 valence electrons. The van der Waals surface area contributed by atoms with Crippen LogP contribution in [0.2, 0.25) is 5.02 Å². The summed E-state index contributed by atoms with van der Waals surface area (Å²) >= 11 is 5.81. The van der Waals surface area contributed by atoms with Crippen LogP contribution in [0.1, 0.15) is 23.7 Å². The van der Waals surface area contributed by atoms with Crippen molar-refractivity contribution in [2.24, 2.45) is 0 Å². The molecule has 4 nitrogen and oxygen atoms in total. The summed E-state index contributed by atoms with van der Waals surface area (Å²) < 4.78 is 0. The third-order valence-electron chi connectivity index (χ3n) is 2.31. The van der Waals surface area contributed by atoms with Crippen molar-refractivity contribution in [2.75, 3.05) is 12.3 Å². The van der Waals surface area contributed by atoms with Gasteiger partial charge in [-0.05, 0) is 24.6 Å². The van der Waals surface area contributed by atoms with E-state index in [0.717, 1.165) is 0 Å². The molecule has 0 aliphatic rings. The summed E-state index contributed by atoms with van der Waals surface area (Å²) in [6, 6.07) is 4.46. The second-order valence-corrected chi connectivity index (χ2v) is 3.90. The van der Waals surface area contributed by atoms with Crippen LogP contribution in [0.4, 0.5) is 5.69 Å². The molecule has 0 spiro atoms. The fourth-order valence-corrected chi connectivity index (χ4v) is 1.39. The third kappa shape index (κ3) is 3.12. The van der Waals surface area contributed by atoms with Crippen molar-refractivity contribution in [1.29, 1.82) is 0 Å². The minimum atomic E-state index is -0.261. The topological polar surface area (TPSA) is 75.3 Å². The largest absolute Gasteiger partial charge is 0.398 e. The quantitative estimate of drug-likeness (QED) is 0.699. The van der Waals surface area contributed by atoms with Crippen molar-refractivity contribution in [1.82, 2.24) is 5.32 Å². The van der Waals surface area contributed by atoms with Gasteiger partial charge < -0.3 is 16.2 Å². The minimum Gasteiger partial charge on any atom is -0.398 e. The Hall–Kier alpha value is -1.26. The normalized spacial score (nSPS) is 12.2. The molecule has 0 heterocycles. The molecule has 0 aromatic heterocycles. The maximum Gasteiger partial charge on any atom is 0.251 e. The molecule has 1 aromatic rings. The molecule has 0 fully saturated rings. The van der Waals surface area contributed by atoms with E-state index >= 15 is 0 Å². The van der Waals surface area contributed by atoms with Gasteiger partial charge in [-0.1, -0.05) is 18.5 Å². The number of hydrogen-bond donors (Lipinski definition) is 3. The van der Waals surface area contributed by atoms with Crippen molar-refractivity contribution >= 4 is 23.2 Å². The highest BCUT2D eigenvalue weighted by Gasteiger charge is 2.11. The summed E-state index contributed by atoms with van der Waals surface area (Å²) in [5.74, 6) is -0.261. The number of benzene rings is 1. The van der Waals surface area contributed by atoms with Crippen LogP contribution in [0.5, 0.6) is 0 Å². The highest BCUT2D eigenvalue weighted by Crippen LogP contribution is 2.19. The molecule has 0 aliphatic carbocycles. The van der Waals surface area contributed by atoms with Crippen molar-refractivity contribution in [3.8, 4) is 0 Å². The first kappa shape index (κ1) is 12.8. The van der Waals surface area contributed by atoms with Crippen LogP contribution in [0.15, 0.2) is 18.2 Å². The fraction of sp³-hybridized carbons (Fsp3) is 0.364. The number of aliphatic hydroxyl groups is 1. The van der Waals surface area contributed by atoms with Crippen LogP contribution in [0, 0.1) is 0 Å². The lowest BCUT2D eigenvalue weighted by molar-refractivity contribution is 0.0915. The number of halogens is 1. The van der Waals surface area contributed by atoms with E-state index in [1.807, 2.05) is 6.92 Å². The van der Waals surface area contributed by atoms with Gasteiger partial charge in [0.05, 0.1) is 23.4 Å². The Bertz CT molecular complexity index is 378. The number of anilines is 1. The van der Waals surface area contributed by atoms with Gasteiger partial charge in [-0.15, -0.1) is 0 Å². The van der Waals surface area contributed by atoms with Crippen LogP contribution in [-0.2, 0) is 0 Å². The monoisotopic (exact) mass is 242 g/mol. The predicted molar refractivity (Wildman–Crippen MR) is 64.5 cm³/mol. The highest BCUT2D eigenvalue weighted by atomic mass is 35.5. The second kappa shape index (κ2) is 5.72. The summed E-state index contributed by atoms with van der Waals surface area (Å²) in [5.41, 5.74) is 6.41. The van der Waals surface area contributed by atoms with Crippen LogP contribution >= 0.6 is 11.6 Å². The lowest BCUT2D eigenvalue weighted by Gasteiger charge is -2.14. The number of aliphatic hydroxyl groups excluding tert-OH is 1. The Labute approximate surface area is 99.4 Å². The van der Waals surface area contributed by atoms with E-state index in [0.29, 0.717) is 22.7 Å². The fourth-order valence-electron chi connectivity index (χ4n) is 1.21. The minimum absolute atomic E-state index is 0.0784. The molecule has 5 heteroatoms. The highest BCUT2D eigenvalue weighted by molar-refractivity contribution is 6.33. The molecule has 0 aliphatic heterocycles. The molecule has 1 rings (SSSR count). The molecule has 1 amide bonds. The Kier molecular flexibility index (Phi) is 4.58.